The minimum absolute atomic E-state index is 0.103. The SMILES string of the molecule is O=C(O)N1CCN(C(=O)c2ncn([C@H]3CCCC[C@H]3N(CC3CC3)CC3CC3)c2-c2ccccc2)[C@H](Cc2ccccc2)C1. The maximum absolute atomic E-state index is 14.6. The van der Waals surface area contributed by atoms with Crippen molar-refractivity contribution in [3.8, 4) is 11.3 Å². The summed E-state index contributed by atoms with van der Waals surface area (Å²) in [6, 6.07) is 20.8. The monoisotopic (exact) mass is 595 g/mol. The van der Waals surface area contributed by atoms with Crippen molar-refractivity contribution in [2.24, 2.45) is 11.8 Å². The number of benzene rings is 2. The quantitative estimate of drug-likeness (QED) is 0.302. The number of rotatable bonds is 10. The topological polar surface area (TPSA) is 81.9 Å². The lowest BCUT2D eigenvalue weighted by atomic mass is 9.88. The van der Waals surface area contributed by atoms with Gasteiger partial charge in [0, 0.05) is 44.3 Å². The Hall–Kier alpha value is -3.65. The highest BCUT2D eigenvalue weighted by Crippen LogP contribution is 2.41. The van der Waals surface area contributed by atoms with E-state index in [2.05, 4.69) is 21.6 Å². The van der Waals surface area contributed by atoms with E-state index >= 15 is 0 Å². The largest absolute Gasteiger partial charge is 0.465 e. The average molecular weight is 596 g/mol. The molecule has 2 amide bonds. The first-order valence-corrected chi connectivity index (χ1v) is 16.7. The third-order valence-corrected chi connectivity index (χ3v) is 10.3. The van der Waals surface area contributed by atoms with Crippen LogP contribution in [0.2, 0.25) is 0 Å². The first-order chi connectivity index (χ1) is 21.5. The highest BCUT2D eigenvalue weighted by molar-refractivity contribution is 5.98. The van der Waals surface area contributed by atoms with Crippen LogP contribution in [0.3, 0.4) is 0 Å². The molecule has 0 unspecified atom stereocenters. The Morgan fingerprint density at radius 2 is 1.50 bits per heavy atom. The van der Waals surface area contributed by atoms with E-state index in [1.165, 1.54) is 62.9 Å². The predicted octanol–water partition coefficient (Wildman–Crippen LogP) is 6.20. The van der Waals surface area contributed by atoms with Gasteiger partial charge in [0.05, 0.1) is 24.1 Å². The molecule has 8 heteroatoms. The van der Waals surface area contributed by atoms with E-state index < -0.39 is 6.09 Å². The standard InChI is InChI=1S/C36H45N5O3/c42-35(40-20-19-38(36(43)44)24-30(40)21-26-9-3-1-4-10-26)33-34(29-11-5-2-6-12-29)41(25-37-33)32-14-8-7-13-31(32)39(22-27-15-16-27)23-28-17-18-28/h1-6,9-12,25,27-28,30-32H,7-8,13-24H2,(H,43,44)/t30-,31-,32+/m1/s1. The van der Waals surface area contributed by atoms with E-state index in [-0.39, 0.29) is 18.0 Å². The minimum Gasteiger partial charge on any atom is -0.465 e. The molecule has 232 valence electrons. The van der Waals surface area contributed by atoms with Crippen molar-refractivity contribution in [3.05, 3.63) is 78.2 Å². The average Bonchev–Trinajstić information content (AvgIpc) is 4.00. The summed E-state index contributed by atoms with van der Waals surface area (Å²) in [5.74, 6) is 1.58. The van der Waals surface area contributed by atoms with Crippen molar-refractivity contribution in [2.75, 3.05) is 32.7 Å². The molecule has 0 spiro atoms. The van der Waals surface area contributed by atoms with Crippen LogP contribution in [0.5, 0.6) is 0 Å². The molecule has 3 aliphatic carbocycles. The Morgan fingerprint density at radius 1 is 0.841 bits per heavy atom. The molecule has 7 rings (SSSR count). The third-order valence-electron chi connectivity index (χ3n) is 10.3. The van der Waals surface area contributed by atoms with Crippen LogP contribution in [0.4, 0.5) is 4.79 Å². The third kappa shape index (κ3) is 6.41. The van der Waals surface area contributed by atoms with Crippen molar-refractivity contribution in [3.63, 3.8) is 0 Å². The van der Waals surface area contributed by atoms with E-state index in [9.17, 15) is 14.7 Å². The Morgan fingerprint density at radius 3 is 2.16 bits per heavy atom. The van der Waals surface area contributed by atoms with Gasteiger partial charge in [0.15, 0.2) is 5.69 Å². The Balaban J connectivity index is 1.23. The zero-order valence-electron chi connectivity index (χ0n) is 25.6. The highest BCUT2D eigenvalue weighted by atomic mass is 16.4. The molecule has 1 N–H and O–H groups in total. The summed E-state index contributed by atoms with van der Waals surface area (Å²) in [4.78, 5) is 37.6. The zero-order valence-corrected chi connectivity index (χ0v) is 25.6. The molecule has 1 aliphatic heterocycles. The molecule has 2 heterocycles. The molecule has 44 heavy (non-hydrogen) atoms. The molecule has 2 aromatic carbocycles. The normalized spacial score (nSPS) is 24.1. The van der Waals surface area contributed by atoms with Gasteiger partial charge < -0.3 is 19.5 Å². The van der Waals surface area contributed by atoms with Gasteiger partial charge >= 0.3 is 6.09 Å². The fraction of sp³-hybridized carbons (Fsp3) is 0.528. The molecular weight excluding hydrogens is 550 g/mol. The van der Waals surface area contributed by atoms with Gasteiger partial charge in [-0.25, -0.2) is 9.78 Å². The van der Waals surface area contributed by atoms with Crippen LogP contribution in [-0.2, 0) is 6.42 Å². The van der Waals surface area contributed by atoms with E-state index in [0.29, 0.717) is 37.8 Å². The molecule has 4 fully saturated rings. The summed E-state index contributed by atoms with van der Waals surface area (Å²) in [7, 11) is 0. The lowest BCUT2D eigenvalue weighted by Crippen LogP contribution is -2.57. The number of piperazine rings is 1. The number of nitrogens with zero attached hydrogens (tertiary/aromatic N) is 5. The summed E-state index contributed by atoms with van der Waals surface area (Å²) in [6.07, 6.45) is 11.8. The molecule has 1 aromatic heterocycles. The van der Waals surface area contributed by atoms with Crippen molar-refractivity contribution in [1.82, 2.24) is 24.3 Å². The van der Waals surface area contributed by atoms with Crippen LogP contribution in [0.25, 0.3) is 11.3 Å². The fourth-order valence-corrected chi connectivity index (χ4v) is 7.60. The van der Waals surface area contributed by atoms with Crippen LogP contribution in [0.1, 0.15) is 73.5 Å². The first-order valence-electron chi connectivity index (χ1n) is 16.7. The number of aromatic nitrogens is 2. The molecule has 4 aliphatic rings. The predicted molar refractivity (Wildman–Crippen MR) is 171 cm³/mol. The van der Waals surface area contributed by atoms with E-state index in [4.69, 9.17) is 4.98 Å². The maximum Gasteiger partial charge on any atom is 0.407 e. The molecule has 1 saturated heterocycles. The van der Waals surface area contributed by atoms with Crippen molar-refractivity contribution >= 4 is 12.0 Å². The molecule has 8 nitrogen and oxygen atoms in total. The minimum atomic E-state index is -0.935. The molecule has 3 atom stereocenters. The van der Waals surface area contributed by atoms with Gasteiger partial charge in [-0.15, -0.1) is 0 Å². The second kappa shape index (κ2) is 12.8. The Kier molecular flexibility index (Phi) is 8.43. The number of hydrogen-bond donors (Lipinski definition) is 1. The molecule has 3 saturated carbocycles. The highest BCUT2D eigenvalue weighted by Gasteiger charge is 2.40. The van der Waals surface area contributed by atoms with Gasteiger partial charge in [-0.3, -0.25) is 9.69 Å². The number of amides is 2. The number of carbonyl (C=O) groups is 2. The lowest BCUT2D eigenvalue weighted by molar-refractivity contribution is 0.0447. The van der Waals surface area contributed by atoms with Crippen molar-refractivity contribution in [1.29, 1.82) is 0 Å². The maximum atomic E-state index is 14.6. The Bertz CT molecular complexity index is 1420. The molecule has 0 bridgehead atoms. The number of hydrogen-bond acceptors (Lipinski definition) is 4. The summed E-state index contributed by atoms with van der Waals surface area (Å²) in [5.41, 5.74) is 3.49. The van der Waals surface area contributed by atoms with Gasteiger partial charge in [-0.2, -0.15) is 0 Å². The molecule has 0 radical (unpaired) electrons. The van der Waals surface area contributed by atoms with Gasteiger partial charge in [0.2, 0.25) is 0 Å². The van der Waals surface area contributed by atoms with Crippen molar-refractivity contribution < 1.29 is 14.7 Å². The number of carbonyl (C=O) groups excluding carboxylic acids is 1. The van der Waals surface area contributed by atoms with Crippen molar-refractivity contribution in [2.45, 2.75) is 75.9 Å². The van der Waals surface area contributed by atoms with Crippen LogP contribution in [0.15, 0.2) is 67.0 Å². The first kappa shape index (κ1) is 29.1. The lowest BCUT2D eigenvalue weighted by Gasteiger charge is -2.42. The van der Waals surface area contributed by atoms with Gasteiger partial charge in [0.25, 0.3) is 5.91 Å². The van der Waals surface area contributed by atoms with Crippen LogP contribution in [-0.4, -0.2) is 86.2 Å². The van der Waals surface area contributed by atoms with Crippen LogP contribution < -0.4 is 0 Å². The second-order valence-corrected chi connectivity index (χ2v) is 13.5. The summed E-state index contributed by atoms with van der Waals surface area (Å²) >= 11 is 0. The summed E-state index contributed by atoms with van der Waals surface area (Å²) in [6.45, 7) is 3.35. The second-order valence-electron chi connectivity index (χ2n) is 13.5. The van der Waals surface area contributed by atoms with E-state index in [1.807, 2.05) is 59.8 Å². The van der Waals surface area contributed by atoms with Crippen LogP contribution in [0, 0.1) is 11.8 Å². The van der Waals surface area contributed by atoms with Gasteiger partial charge in [-0.05, 0) is 62.3 Å². The van der Waals surface area contributed by atoms with E-state index in [1.54, 1.807) is 0 Å². The Labute approximate surface area is 260 Å². The summed E-state index contributed by atoms with van der Waals surface area (Å²) in [5, 5.41) is 9.79. The van der Waals surface area contributed by atoms with Gasteiger partial charge in [-0.1, -0.05) is 73.5 Å². The molecule has 3 aromatic rings. The fourth-order valence-electron chi connectivity index (χ4n) is 7.60. The zero-order chi connectivity index (χ0) is 30.0. The number of imidazole rings is 1. The molecular formula is C36H45N5O3. The van der Waals surface area contributed by atoms with E-state index in [0.717, 1.165) is 35.1 Å². The summed E-state index contributed by atoms with van der Waals surface area (Å²) < 4.78 is 2.35. The smallest absolute Gasteiger partial charge is 0.407 e. The van der Waals surface area contributed by atoms with Gasteiger partial charge in [0.1, 0.15) is 0 Å². The number of carboxylic acid groups (broad SMARTS) is 1. The van der Waals surface area contributed by atoms with Crippen LogP contribution >= 0.6 is 0 Å².